The molecule has 0 radical (unpaired) electrons. The molecule has 1 heterocycles. The Hall–Kier alpha value is -2.36. The molecule has 0 aliphatic heterocycles. The van der Waals surface area contributed by atoms with Crippen molar-refractivity contribution < 1.29 is 14.3 Å². The zero-order valence-electron chi connectivity index (χ0n) is 13.3. The van der Waals surface area contributed by atoms with Crippen LogP contribution >= 0.6 is 22.9 Å². The maximum absolute atomic E-state index is 12.2. The largest absolute Gasteiger partial charge is 0.483 e. The summed E-state index contributed by atoms with van der Waals surface area (Å²) in [6.45, 7) is -0.254. The number of rotatable bonds is 5. The van der Waals surface area contributed by atoms with E-state index in [4.69, 9.17) is 16.3 Å². The summed E-state index contributed by atoms with van der Waals surface area (Å²) in [6.07, 6.45) is 4.64. The van der Waals surface area contributed by atoms with Crippen molar-refractivity contribution in [2.45, 2.75) is 25.7 Å². The molecular weight excluding hydrogens is 360 g/mol. The van der Waals surface area contributed by atoms with Crippen molar-refractivity contribution in [3.63, 3.8) is 0 Å². The van der Waals surface area contributed by atoms with E-state index in [0.29, 0.717) is 27.6 Å². The van der Waals surface area contributed by atoms with E-state index >= 15 is 0 Å². The first-order chi connectivity index (χ1) is 12.1. The second kappa shape index (κ2) is 7.68. The number of aldehydes is 1. The molecule has 2 aromatic rings. The van der Waals surface area contributed by atoms with Crippen molar-refractivity contribution >= 4 is 40.1 Å². The average molecular weight is 375 g/mol. The molecule has 7 heteroatoms. The SMILES string of the molecule is N#Cc1c(NC(=O)COc2ccc(Cl)cc2C=O)sc2c1CCCC2. The lowest BCUT2D eigenvalue weighted by molar-refractivity contribution is -0.118. The zero-order chi connectivity index (χ0) is 17.8. The summed E-state index contributed by atoms with van der Waals surface area (Å²) in [5.74, 6) is -0.0811. The molecule has 0 bridgehead atoms. The quantitative estimate of drug-likeness (QED) is 0.803. The maximum Gasteiger partial charge on any atom is 0.262 e. The van der Waals surface area contributed by atoms with Gasteiger partial charge >= 0.3 is 0 Å². The number of hydrogen-bond donors (Lipinski definition) is 1. The fourth-order valence-corrected chi connectivity index (χ4v) is 4.26. The Morgan fingerprint density at radius 1 is 1.40 bits per heavy atom. The molecule has 1 aromatic carbocycles. The van der Waals surface area contributed by atoms with Crippen LogP contribution in [0, 0.1) is 11.3 Å². The number of nitrogens with zero attached hydrogens (tertiary/aromatic N) is 1. The third-order valence-electron chi connectivity index (χ3n) is 3.99. The molecular formula is C18H15ClN2O3S. The van der Waals surface area contributed by atoms with Gasteiger partial charge in [-0.05, 0) is 49.4 Å². The lowest BCUT2D eigenvalue weighted by Gasteiger charge is -2.09. The van der Waals surface area contributed by atoms with Gasteiger partial charge in [-0.15, -0.1) is 11.3 Å². The van der Waals surface area contributed by atoms with Gasteiger partial charge in [0.25, 0.3) is 5.91 Å². The normalized spacial score (nSPS) is 12.8. The van der Waals surface area contributed by atoms with Crippen molar-refractivity contribution in [2.24, 2.45) is 0 Å². The second-order valence-electron chi connectivity index (χ2n) is 5.66. The highest BCUT2D eigenvalue weighted by atomic mass is 35.5. The molecule has 1 aliphatic rings. The summed E-state index contributed by atoms with van der Waals surface area (Å²) in [5, 5.41) is 13.2. The Kier molecular flexibility index (Phi) is 5.37. The molecule has 3 rings (SSSR count). The molecule has 5 nitrogen and oxygen atoms in total. The van der Waals surface area contributed by atoms with Crippen molar-refractivity contribution in [1.29, 1.82) is 5.26 Å². The smallest absolute Gasteiger partial charge is 0.262 e. The van der Waals surface area contributed by atoms with Crippen molar-refractivity contribution in [2.75, 3.05) is 11.9 Å². The summed E-state index contributed by atoms with van der Waals surface area (Å²) in [5.41, 5.74) is 1.91. The molecule has 25 heavy (non-hydrogen) atoms. The first-order valence-corrected chi connectivity index (χ1v) is 9.04. The average Bonchev–Trinajstić information content (AvgIpc) is 2.97. The third-order valence-corrected chi connectivity index (χ3v) is 5.44. The maximum atomic E-state index is 12.2. The topological polar surface area (TPSA) is 79.2 Å². The van der Waals surface area contributed by atoms with Crippen LogP contribution < -0.4 is 10.1 Å². The van der Waals surface area contributed by atoms with E-state index in [9.17, 15) is 14.9 Å². The molecule has 0 unspecified atom stereocenters. The molecule has 0 saturated heterocycles. The Morgan fingerprint density at radius 2 is 2.20 bits per heavy atom. The molecule has 1 N–H and O–H groups in total. The zero-order valence-corrected chi connectivity index (χ0v) is 14.9. The number of nitrogens with one attached hydrogen (secondary N) is 1. The van der Waals surface area contributed by atoms with Crippen LogP contribution in [0.15, 0.2) is 18.2 Å². The summed E-state index contributed by atoms with van der Waals surface area (Å²) >= 11 is 7.29. The monoisotopic (exact) mass is 374 g/mol. The van der Waals surface area contributed by atoms with E-state index in [2.05, 4.69) is 11.4 Å². The highest BCUT2D eigenvalue weighted by Crippen LogP contribution is 2.37. The molecule has 128 valence electrons. The molecule has 1 amide bonds. The lowest BCUT2D eigenvalue weighted by Crippen LogP contribution is -2.20. The van der Waals surface area contributed by atoms with E-state index in [1.54, 1.807) is 12.1 Å². The van der Waals surface area contributed by atoms with Gasteiger partial charge in [-0.3, -0.25) is 9.59 Å². The number of aryl methyl sites for hydroxylation is 1. The summed E-state index contributed by atoms with van der Waals surface area (Å²) in [7, 11) is 0. The van der Waals surface area contributed by atoms with Gasteiger partial charge in [0.1, 0.15) is 16.8 Å². The minimum atomic E-state index is -0.373. The summed E-state index contributed by atoms with van der Waals surface area (Å²) in [6, 6.07) is 6.81. The first-order valence-electron chi connectivity index (χ1n) is 7.84. The van der Waals surface area contributed by atoms with Crippen molar-refractivity contribution in [1.82, 2.24) is 0 Å². The van der Waals surface area contributed by atoms with Crippen LogP contribution in [0.25, 0.3) is 0 Å². The van der Waals surface area contributed by atoms with Gasteiger partial charge in [0.05, 0.1) is 11.1 Å². The van der Waals surface area contributed by atoms with Gasteiger partial charge in [0.2, 0.25) is 0 Å². The van der Waals surface area contributed by atoms with Gasteiger partial charge in [-0.1, -0.05) is 11.6 Å². The van der Waals surface area contributed by atoms with Crippen LogP contribution in [0.3, 0.4) is 0 Å². The van der Waals surface area contributed by atoms with Gasteiger partial charge in [-0.2, -0.15) is 5.26 Å². The highest BCUT2D eigenvalue weighted by molar-refractivity contribution is 7.16. The number of carbonyl (C=O) groups excluding carboxylic acids is 2. The number of halogens is 1. The van der Waals surface area contributed by atoms with E-state index in [1.807, 2.05) is 0 Å². The van der Waals surface area contributed by atoms with Crippen LogP contribution in [0.5, 0.6) is 5.75 Å². The van der Waals surface area contributed by atoms with Gasteiger partial charge in [0, 0.05) is 9.90 Å². The lowest BCUT2D eigenvalue weighted by atomic mass is 9.96. The second-order valence-corrected chi connectivity index (χ2v) is 7.21. The number of carbonyl (C=O) groups is 2. The Morgan fingerprint density at radius 3 is 2.96 bits per heavy atom. The summed E-state index contributed by atoms with van der Waals surface area (Å²) < 4.78 is 5.41. The van der Waals surface area contributed by atoms with Crippen LogP contribution in [0.2, 0.25) is 5.02 Å². The number of anilines is 1. The van der Waals surface area contributed by atoms with Crippen LogP contribution in [-0.4, -0.2) is 18.8 Å². The Bertz CT molecular complexity index is 870. The molecule has 0 spiro atoms. The number of thiophene rings is 1. The predicted octanol–water partition coefficient (Wildman–Crippen LogP) is 3.98. The molecule has 1 aromatic heterocycles. The van der Waals surface area contributed by atoms with Gasteiger partial charge in [-0.25, -0.2) is 0 Å². The standard InChI is InChI=1S/C18H15ClN2O3S/c19-12-5-6-15(11(7-12)9-22)24-10-17(23)21-18-14(8-20)13-3-1-2-4-16(13)25-18/h5-7,9H,1-4,10H2,(H,21,23). The van der Waals surface area contributed by atoms with Gasteiger partial charge in [0.15, 0.2) is 12.9 Å². The minimum absolute atomic E-state index is 0.254. The highest BCUT2D eigenvalue weighted by Gasteiger charge is 2.21. The van der Waals surface area contributed by atoms with E-state index < -0.39 is 0 Å². The van der Waals surface area contributed by atoms with Gasteiger partial charge < -0.3 is 10.1 Å². The van der Waals surface area contributed by atoms with Crippen molar-refractivity contribution in [3.05, 3.63) is 44.8 Å². The van der Waals surface area contributed by atoms with E-state index in [0.717, 1.165) is 31.2 Å². The van der Waals surface area contributed by atoms with Crippen LogP contribution in [0.4, 0.5) is 5.00 Å². The van der Waals surface area contributed by atoms with Crippen molar-refractivity contribution in [3.8, 4) is 11.8 Å². The molecule has 0 saturated carbocycles. The molecule has 0 fully saturated rings. The Balaban J connectivity index is 1.69. The van der Waals surface area contributed by atoms with E-state index in [-0.39, 0.29) is 18.1 Å². The number of ether oxygens (including phenoxy) is 1. The molecule has 1 aliphatic carbocycles. The van der Waals surface area contributed by atoms with E-state index in [1.165, 1.54) is 22.3 Å². The number of benzene rings is 1. The number of fused-ring (bicyclic) bond motifs is 1. The number of nitriles is 1. The van der Waals surface area contributed by atoms with Crippen LogP contribution in [-0.2, 0) is 17.6 Å². The third kappa shape index (κ3) is 3.84. The predicted molar refractivity (Wildman–Crippen MR) is 96.6 cm³/mol. The Labute approximate surface area is 154 Å². The molecule has 0 atom stereocenters. The minimum Gasteiger partial charge on any atom is -0.483 e. The number of amides is 1. The fourth-order valence-electron chi connectivity index (χ4n) is 2.82. The summed E-state index contributed by atoms with van der Waals surface area (Å²) in [4.78, 5) is 24.4. The van der Waals surface area contributed by atoms with Crippen LogP contribution in [0.1, 0.15) is 39.2 Å². The first kappa shape index (κ1) is 17.5. The number of hydrogen-bond acceptors (Lipinski definition) is 5. The fraction of sp³-hybridized carbons (Fsp3) is 0.278.